The lowest BCUT2D eigenvalue weighted by Crippen LogP contribution is -2.52. The standard InChI is InChI=1S/C22H29N3O2/c26-21(19-4-5-20-18(12-19)6-8-23-20)25-9-1-7-22(15-25)14-24(10-11-27-16-22)13-17-2-3-17/h4-6,8,12,17,23H,1-3,7,9-11,13-16H2. The highest BCUT2D eigenvalue weighted by atomic mass is 16.5. The molecule has 2 aliphatic heterocycles. The molecule has 3 aliphatic rings. The van der Waals surface area contributed by atoms with Crippen LogP contribution in [-0.2, 0) is 4.74 Å². The number of carbonyl (C=O) groups is 1. The van der Waals surface area contributed by atoms with Crippen molar-refractivity contribution in [2.45, 2.75) is 25.7 Å². The van der Waals surface area contributed by atoms with Gasteiger partial charge in [-0.3, -0.25) is 4.79 Å². The summed E-state index contributed by atoms with van der Waals surface area (Å²) in [5.41, 5.74) is 1.97. The fourth-order valence-electron chi connectivity index (χ4n) is 4.90. The molecule has 5 nitrogen and oxygen atoms in total. The summed E-state index contributed by atoms with van der Waals surface area (Å²) in [5.74, 6) is 1.06. The Morgan fingerprint density at radius 3 is 3.04 bits per heavy atom. The van der Waals surface area contributed by atoms with E-state index in [-0.39, 0.29) is 11.3 Å². The molecule has 5 heteroatoms. The number of likely N-dealkylation sites (tertiary alicyclic amines) is 1. The van der Waals surface area contributed by atoms with Crippen molar-refractivity contribution >= 4 is 16.8 Å². The van der Waals surface area contributed by atoms with Gasteiger partial charge in [0.15, 0.2) is 0 Å². The third kappa shape index (κ3) is 3.63. The van der Waals surface area contributed by atoms with Crippen LogP contribution in [0.3, 0.4) is 0 Å². The lowest BCUT2D eigenvalue weighted by Gasteiger charge is -2.43. The summed E-state index contributed by atoms with van der Waals surface area (Å²) in [4.78, 5) is 21.1. The summed E-state index contributed by atoms with van der Waals surface area (Å²) in [7, 11) is 0. The van der Waals surface area contributed by atoms with E-state index in [4.69, 9.17) is 4.74 Å². The van der Waals surface area contributed by atoms with Gasteiger partial charge in [-0.05, 0) is 55.9 Å². The Kier molecular flexibility index (Phi) is 4.44. The summed E-state index contributed by atoms with van der Waals surface area (Å²) in [6.45, 7) is 6.61. The second kappa shape index (κ2) is 6.95. The topological polar surface area (TPSA) is 48.6 Å². The first-order chi connectivity index (χ1) is 13.2. The summed E-state index contributed by atoms with van der Waals surface area (Å²) in [6.07, 6.45) is 6.92. The largest absolute Gasteiger partial charge is 0.379 e. The lowest BCUT2D eigenvalue weighted by atomic mass is 9.79. The second-order valence-corrected chi connectivity index (χ2v) is 8.84. The molecule has 1 aromatic carbocycles. The Labute approximate surface area is 160 Å². The van der Waals surface area contributed by atoms with Crippen LogP contribution in [0.4, 0.5) is 0 Å². The highest BCUT2D eigenvalue weighted by Crippen LogP contribution is 2.36. The molecule has 3 fully saturated rings. The molecule has 5 rings (SSSR count). The van der Waals surface area contributed by atoms with Crippen LogP contribution in [0.25, 0.3) is 10.9 Å². The maximum Gasteiger partial charge on any atom is 0.253 e. The van der Waals surface area contributed by atoms with E-state index < -0.39 is 0 Å². The van der Waals surface area contributed by atoms with Crippen molar-refractivity contribution in [3.05, 3.63) is 36.0 Å². The Hall–Kier alpha value is -1.85. The van der Waals surface area contributed by atoms with E-state index in [0.29, 0.717) is 0 Å². The Bertz CT molecular complexity index is 828. The number of hydrogen-bond donors (Lipinski definition) is 1. The predicted molar refractivity (Wildman–Crippen MR) is 106 cm³/mol. The van der Waals surface area contributed by atoms with Crippen LogP contribution in [0, 0.1) is 11.3 Å². The minimum atomic E-state index is 0.0947. The molecule has 2 saturated heterocycles. The number of nitrogens with zero attached hydrogens (tertiary/aromatic N) is 2. The number of nitrogens with one attached hydrogen (secondary N) is 1. The fraction of sp³-hybridized carbons (Fsp3) is 0.591. The monoisotopic (exact) mass is 367 g/mol. The van der Waals surface area contributed by atoms with Gasteiger partial charge in [-0.1, -0.05) is 0 Å². The summed E-state index contributed by atoms with van der Waals surface area (Å²) < 4.78 is 6.02. The predicted octanol–water partition coefficient (Wildman–Crippen LogP) is 3.13. The van der Waals surface area contributed by atoms with Crippen molar-refractivity contribution in [3.63, 3.8) is 0 Å². The number of hydrogen-bond acceptors (Lipinski definition) is 3. The molecule has 2 aromatic rings. The van der Waals surface area contributed by atoms with Gasteiger partial charge in [-0.25, -0.2) is 0 Å². The number of ether oxygens (including phenoxy) is 1. The quantitative estimate of drug-likeness (QED) is 0.907. The number of H-pyrrole nitrogens is 1. The molecule has 27 heavy (non-hydrogen) atoms. The summed E-state index contributed by atoms with van der Waals surface area (Å²) in [5, 5.41) is 1.10. The third-order valence-electron chi connectivity index (χ3n) is 6.48. The summed E-state index contributed by atoms with van der Waals surface area (Å²) in [6, 6.07) is 8.00. The molecule has 0 bridgehead atoms. The molecule has 144 valence electrons. The van der Waals surface area contributed by atoms with Crippen LogP contribution in [-0.4, -0.2) is 66.6 Å². The number of fused-ring (bicyclic) bond motifs is 1. The molecule has 1 spiro atoms. The van der Waals surface area contributed by atoms with E-state index in [0.717, 1.165) is 74.6 Å². The Morgan fingerprint density at radius 2 is 2.15 bits per heavy atom. The molecule has 1 saturated carbocycles. The molecule has 1 N–H and O–H groups in total. The molecule has 1 atom stereocenters. The first-order valence-corrected chi connectivity index (χ1v) is 10.4. The zero-order valence-corrected chi connectivity index (χ0v) is 16.0. The van der Waals surface area contributed by atoms with Gasteiger partial charge >= 0.3 is 0 Å². The molecular formula is C22H29N3O2. The smallest absolute Gasteiger partial charge is 0.253 e. The van der Waals surface area contributed by atoms with Crippen molar-refractivity contribution in [1.82, 2.24) is 14.8 Å². The van der Waals surface area contributed by atoms with Crippen LogP contribution in [0.15, 0.2) is 30.5 Å². The maximum atomic E-state index is 13.2. The number of aromatic nitrogens is 1. The van der Waals surface area contributed by atoms with E-state index in [1.807, 2.05) is 30.5 Å². The average Bonchev–Trinajstić information content (AvgIpc) is 3.41. The number of carbonyl (C=O) groups excluding carboxylic acids is 1. The van der Waals surface area contributed by atoms with Crippen molar-refractivity contribution < 1.29 is 9.53 Å². The SMILES string of the molecule is O=C(c1ccc2[nH]ccc2c1)N1CCCC2(COCCN(CC3CC3)C2)C1. The number of benzene rings is 1. The zero-order valence-electron chi connectivity index (χ0n) is 16.0. The number of piperidine rings is 1. The summed E-state index contributed by atoms with van der Waals surface area (Å²) >= 11 is 0. The lowest BCUT2D eigenvalue weighted by molar-refractivity contribution is 0.00718. The number of rotatable bonds is 3. The van der Waals surface area contributed by atoms with Crippen LogP contribution in [0.5, 0.6) is 0 Å². The highest BCUT2D eigenvalue weighted by Gasteiger charge is 2.41. The molecule has 1 aromatic heterocycles. The van der Waals surface area contributed by atoms with E-state index in [1.165, 1.54) is 19.4 Å². The molecule has 1 unspecified atom stereocenters. The Morgan fingerprint density at radius 1 is 1.22 bits per heavy atom. The first-order valence-electron chi connectivity index (χ1n) is 10.4. The van der Waals surface area contributed by atoms with Crippen LogP contribution >= 0.6 is 0 Å². The number of amides is 1. The van der Waals surface area contributed by atoms with Gasteiger partial charge in [0.25, 0.3) is 5.91 Å². The molecule has 1 aliphatic carbocycles. The van der Waals surface area contributed by atoms with Crippen molar-refractivity contribution in [2.24, 2.45) is 11.3 Å². The van der Waals surface area contributed by atoms with Crippen LogP contribution in [0.1, 0.15) is 36.0 Å². The van der Waals surface area contributed by atoms with Gasteiger partial charge in [-0.15, -0.1) is 0 Å². The highest BCUT2D eigenvalue weighted by molar-refractivity contribution is 5.98. The molecule has 3 heterocycles. The van der Waals surface area contributed by atoms with Crippen LogP contribution < -0.4 is 0 Å². The van der Waals surface area contributed by atoms with Gasteiger partial charge in [0.1, 0.15) is 0 Å². The van der Waals surface area contributed by atoms with E-state index in [9.17, 15) is 4.79 Å². The Balaban J connectivity index is 1.33. The van der Waals surface area contributed by atoms with Gasteiger partial charge in [0.05, 0.1) is 13.2 Å². The maximum absolute atomic E-state index is 13.2. The van der Waals surface area contributed by atoms with Gasteiger partial charge in [0.2, 0.25) is 0 Å². The normalized spacial score (nSPS) is 27.2. The van der Waals surface area contributed by atoms with Gasteiger partial charge in [0, 0.05) is 60.8 Å². The van der Waals surface area contributed by atoms with Crippen molar-refractivity contribution in [2.75, 3.05) is 45.9 Å². The van der Waals surface area contributed by atoms with E-state index >= 15 is 0 Å². The molecular weight excluding hydrogens is 338 g/mol. The van der Waals surface area contributed by atoms with Crippen molar-refractivity contribution in [3.8, 4) is 0 Å². The van der Waals surface area contributed by atoms with Crippen molar-refractivity contribution in [1.29, 1.82) is 0 Å². The third-order valence-corrected chi connectivity index (χ3v) is 6.48. The van der Waals surface area contributed by atoms with Gasteiger partial charge < -0.3 is 19.5 Å². The van der Waals surface area contributed by atoms with E-state index in [2.05, 4.69) is 14.8 Å². The van der Waals surface area contributed by atoms with Crippen LogP contribution in [0.2, 0.25) is 0 Å². The zero-order chi connectivity index (χ0) is 18.3. The first kappa shape index (κ1) is 17.3. The average molecular weight is 367 g/mol. The molecule has 1 amide bonds. The number of aromatic amines is 1. The van der Waals surface area contributed by atoms with Gasteiger partial charge in [-0.2, -0.15) is 0 Å². The van der Waals surface area contributed by atoms with E-state index in [1.54, 1.807) is 0 Å². The minimum Gasteiger partial charge on any atom is -0.379 e. The molecule has 0 radical (unpaired) electrons. The second-order valence-electron chi connectivity index (χ2n) is 8.84. The fourth-order valence-corrected chi connectivity index (χ4v) is 4.90. The minimum absolute atomic E-state index is 0.0947.